The van der Waals surface area contributed by atoms with Crippen molar-refractivity contribution < 1.29 is 36.6 Å². The number of benzene rings is 2. The summed E-state index contributed by atoms with van der Waals surface area (Å²) in [7, 11) is 2.55. The van der Waals surface area contributed by atoms with E-state index in [0.717, 1.165) is 18.6 Å². The molecule has 0 radical (unpaired) electrons. The van der Waals surface area contributed by atoms with Crippen molar-refractivity contribution in [2.75, 3.05) is 14.2 Å². The van der Waals surface area contributed by atoms with E-state index in [1.165, 1.54) is 19.2 Å². The standard InChI is InChI=1S/C18H13F3O5/c1-23-13-5-3-4-11-9-14(25-16(11)13)10-6-7-12(17(22)24-2)15(8-10)26-18(19,20)21/h3-9H,1-2H3. The monoisotopic (exact) mass is 366 g/mol. The maximum Gasteiger partial charge on any atom is 0.573 e. The SMILES string of the molecule is COC(=O)c1ccc(-c2cc3cccc(OC)c3o2)cc1OC(F)(F)F. The number of hydrogen-bond donors (Lipinski definition) is 0. The van der Waals surface area contributed by atoms with E-state index in [4.69, 9.17) is 9.15 Å². The Hall–Kier alpha value is -3.16. The minimum absolute atomic E-state index is 0.299. The molecule has 0 fully saturated rings. The molecule has 0 atom stereocenters. The molecule has 136 valence electrons. The second-order valence-corrected chi connectivity index (χ2v) is 5.24. The molecule has 0 N–H and O–H groups in total. The Morgan fingerprint density at radius 3 is 2.46 bits per heavy atom. The molecular formula is C18H13F3O5. The van der Waals surface area contributed by atoms with Crippen molar-refractivity contribution in [2.24, 2.45) is 0 Å². The van der Waals surface area contributed by atoms with Crippen LogP contribution in [0.15, 0.2) is 46.9 Å². The fourth-order valence-corrected chi connectivity index (χ4v) is 2.50. The van der Waals surface area contributed by atoms with Gasteiger partial charge >= 0.3 is 12.3 Å². The zero-order valence-electron chi connectivity index (χ0n) is 13.7. The number of methoxy groups -OCH3 is 2. The second-order valence-electron chi connectivity index (χ2n) is 5.24. The van der Waals surface area contributed by atoms with E-state index >= 15 is 0 Å². The number of fused-ring (bicyclic) bond motifs is 1. The van der Waals surface area contributed by atoms with Gasteiger partial charge in [-0.15, -0.1) is 13.2 Å². The van der Waals surface area contributed by atoms with Gasteiger partial charge in [0, 0.05) is 10.9 Å². The Morgan fingerprint density at radius 2 is 1.81 bits per heavy atom. The lowest BCUT2D eigenvalue weighted by molar-refractivity contribution is -0.274. The highest BCUT2D eigenvalue weighted by molar-refractivity contribution is 5.94. The quantitative estimate of drug-likeness (QED) is 0.621. The fraction of sp³-hybridized carbons (Fsp3) is 0.167. The first-order chi connectivity index (χ1) is 12.3. The Morgan fingerprint density at radius 1 is 1.04 bits per heavy atom. The number of furan rings is 1. The van der Waals surface area contributed by atoms with E-state index in [-0.39, 0.29) is 5.56 Å². The molecule has 0 saturated heterocycles. The third-order valence-electron chi connectivity index (χ3n) is 3.63. The Balaban J connectivity index is 2.11. The lowest BCUT2D eigenvalue weighted by Crippen LogP contribution is -2.19. The van der Waals surface area contributed by atoms with Crippen LogP contribution in [-0.4, -0.2) is 26.6 Å². The molecule has 0 amide bonds. The van der Waals surface area contributed by atoms with Gasteiger partial charge in [-0.2, -0.15) is 0 Å². The first-order valence-electron chi connectivity index (χ1n) is 7.37. The van der Waals surface area contributed by atoms with Crippen LogP contribution in [0.3, 0.4) is 0 Å². The van der Waals surface area contributed by atoms with Crippen molar-refractivity contribution in [2.45, 2.75) is 6.36 Å². The van der Waals surface area contributed by atoms with E-state index in [1.54, 1.807) is 24.3 Å². The molecule has 0 bridgehead atoms. The number of esters is 1. The summed E-state index contributed by atoms with van der Waals surface area (Å²) in [6.45, 7) is 0. The van der Waals surface area contributed by atoms with Crippen molar-refractivity contribution >= 4 is 16.9 Å². The average molecular weight is 366 g/mol. The van der Waals surface area contributed by atoms with Gasteiger partial charge in [0.25, 0.3) is 0 Å². The van der Waals surface area contributed by atoms with E-state index in [1.807, 2.05) is 0 Å². The van der Waals surface area contributed by atoms with Crippen LogP contribution in [0.2, 0.25) is 0 Å². The number of ether oxygens (including phenoxy) is 3. The van der Waals surface area contributed by atoms with Crippen molar-refractivity contribution in [3.63, 3.8) is 0 Å². The normalized spacial score (nSPS) is 11.4. The molecule has 5 nitrogen and oxygen atoms in total. The molecule has 0 unspecified atom stereocenters. The molecule has 3 aromatic rings. The van der Waals surface area contributed by atoms with Crippen LogP contribution in [0.4, 0.5) is 13.2 Å². The van der Waals surface area contributed by atoms with Crippen LogP contribution >= 0.6 is 0 Å². The molecule has 3 rings (SSSR count). The van der Waals surface area contributed by atoms with E-state index in [2.05, 4.69) is 9.47 Å². The molecule has 0 aliphatic heterocycles. The zero-order valence-corrected chi connectivity index (χ0v) is 13.7. The van der Waals surface area contributed by atoms with Gasteiger partial charge in [-0.25, -0.2) is 4.79 Å². The molecule has 0 aliphatic rings. The van der Waals surface area contributed by atoms with E-state index in [0.29, 0.717) is 22.7 Å². The molecule has 2 aromatic carbocycles. The highest BCUT2D eigenvalue weighted by Gasteiger charge is 2.33. The predicted octanol–water partition coefficient (Wildman–Crippen LogP) is 4.79. The Kier molecular flexibility index (Phi) is 4.50. The van der Waals surface area contributed by atoms with Crippen LogP contribution in [0, 0.1) is 0 Å². The molecular weight excluding hydrogens is 353 g/mol. The number of carbonyl (C=O) groups is 1. The van der Waals surface area contributed by atoms with Gasteiger partial charge in [-0.05, 0) is 24.3 Å². The fourth-order valence-electron chi connectivity index (χ4n) is 2.50. The molecule has 1 heterocycles. The topological polar surface area (TPSA) is 57.9 Å². The maximum absolute atomic E-state index is 12.7. The molecule has 0 saturated carbocycles. The third kappa shape index (κ3) is 3.44. The number of carbonyl (C=O) groups excluding carboxylic acids is 1. The van der Waals surface area contributed by atoms with Crippen LogP contribution in [0.25, 0.3) is 22.3 Å². The summed E-state index contributed by atoms with van der Waals surface area (Å²) in [5.41, 5.74) is 0.415. The molecule has 0 aliphatic carbocycles. The van der Waals surface area contributed by atoms with Gasteiger partial charge in [0.05, 0.1) is 14.2 Å². The number of para-hydroxylation sites is 1. The molecule has 0 spiro atoms. The molecule has 1 aromatic heterocycles. The average Bonchev–Trinajstić information content (AvgIpc) is 3.03. The predicted molar refractivity (Wildman–Crippen MR) is 86.2 cm³/mol. The summed E-state index contributed by atoms with van der Waals surface area (Å²) in [5, 5.41) is 0.717. The lowest BCUT2D eigenvalue weighted by Gasteiger charge is -2.13. The zero-order chi connectivity index (χ0) is 18.9. The third-order valence-corrected chi connectivity index (χ3v) is 3.63. The highest BCUT2D eigenvalue weighted by atomic mass is 19.4. The van der Waals surface area contributed by atoms with Crippen LogP contribution in [0.5, 0.6) is 11.5 Å². The van der Waals surface area contributed by atoms with Crippen LogP contribution in [0.1, 0.15) is 10.4 Å². The van der Waals surface area contributed by atoms with Crippen molar-refractivity contribution in [3.8, 4) is 22.8 Å². The van der Waals surface area contributed by atoms with Crippen molar-refractivity contribution in [3.05, 3.63) is 48.0 Å². The first kappa shape index (κ1) is 17.7. The van der Waals surface area contributed by atoms with Gasteiger partial charge < -0.3 is 18.6 Å². The van der Waals surface area contributed by atoms with Gasteiger partial charge in [-0.3, -0.25) is 0 Å². The summed E-state index contributed by atoms with van der Waals surface area (Å²) >= 11 is 0. The smallest absolute Gasteiger partial charge is 0.493 e. The minimum Gasteiger partial charge on any atom is -0.493 e. The van der Waals surface area contributed by atoms with E-state index in [9.17, 15) is 18.0 Å². The van der Waals surface area contributed by atoms with Crippen molar-refractivity contribution in [1.29, 1.82) is 0 Å². The number of rotatable bonds is 4. The lowest BCUT2D eigenvalue weighted by atomic mass is 10.1. The van der Waals surface area contributed by atoms with Gasteiger partial charge in [0.1, 0.15) is 17.1 Å². The second kappa shape index (κ2) is 6.62. The summed E-state index contributed by atoms with van der Waals surface area (Å²) in [4.78, 5) is 11.7. The summed E-state index contributed by atoms with van der Waals surface area (Å²) < 4.78 is 57.4. The Labute approximate surface area is 145 Å². The first-order valence-corrected chi connectivity index (χ1v) is 7.37. The number of hydrogen-bond acceptors (Lipinski definition) is 5. The number of alkyl halides is 3. The molecule has 8 heteroatoms. The van der Waals surface area contributed by atoms with Gasteiger partial charge in [0.2, 0.25) is 0 Å². The highest BCUT2D eigenvalue weighted by Crippen LogP contribution is 2.36. The summed E-state index contributed by atoms with van der Waals surface area (Å²) in [6, 6.07) is 10.6. The van der Waals surface area contributed by atoms with Crippen LogP contribution < -0.4 is 9.47 Å². The number of halogens is 3. The Bertz CT molecular complexity index is 959. The van der Waals surface area contributed by atoms with Gasteiger partial charge in [-0.1, -0.05) is 18.2 Å². The summed E-state index contributed by atoms with van der Waals surface area (Å²) in [6.07, 6.45) is -4.96. The molecule has 26 heavy (non-hydrogen) atoms. The van der Waals surface area contributed by atoms with Crippen molar-refractivity contribution in [1.82, 2.24) is 0 Å². The summed E-state index contributed by atoms with van der Waals surface area (Å²) in [5.74, 6) is -0.823. The van der Waals surface area contributed by atoms with Gasteiger partial charge in [0.15, 0.2) is 11.3 Å². The largest absolute Gasteiger partial charge is 0.573 e. The van der Waals surface area contributed by atoms with E-state index < -0.39 is 18.1 Å². The minimum atomic E-state index is -4.96. The van der Waals surface area contributed by atoms with Crippen LogP contribution in [-0.2, 0) is 4.74 Å². The maximum atomic E-state index is 12.7.